The molecule has 0 fully saturated rings. The number of hydrogen-bond donors (Lipinski definition) is 1. The highest BCUT2D eigenvalue weighted by atomic mass is 35.5. The van der Waals surface area contributed by atoms with Gasteiger partial charge in [-0.25, -0.2) is 4.68 Å². The summed E-state index contributed by atoms with van der Waals surface area (Å²) in [4.78, 5) is 25.1. The first-order chi connectivity index (χ1) is 13.9. The van der Waals surface area contributed by atoms with Crippen molar-refractivity contribution >= 4 is 23.2 Å². The van der Waals surface area contributed by atoms with Gasteiger partial charge in [0, 0.05) is 22.3 Å². The van der Waals surface area contributed by atoms with E-state index >= 15 is 0 Å². The Balaban J connectivity index is 1.62. The lowest BCUT2D eigenvalue weighted by molar-refractivity contribution is -0.119. The molecule has 1 unspecified atom stereocenters. The zero-order valence-corrected chi connectivity index (χ0v) is 16.6. The van der Waals surface area contributed by atoms with E-state index in [1.54, 1.807) is 37.3 Å². The number of halogens is 1. The highest BCUT2D eigenvalue weighted by Crippen LogP contribution is 2.35. The SMILES string of the molecule is Cc1ccc(Cl)cc1NC(=O)C(C)n1nc(-c2ccc3c(c2)OCO3)ccc1=O. The predicted molar refractivity (Wildman–Crippen MR) is 110 cm³/mol. The summed E-state index contributed by atoms with van der Waals surface area (Å²) in [6.07, 6.45) is 0. The zero-order valence-electron chi connectivity index (χ0n) is 15.8. The molecule has 1 aliphatic rings. The Morgan fingerprint density at radius 1 is 1.14 bits per heavy atom. The number of aryl methyl sites for hydroxylation is 1. The number of carbonyl (C=O) groups excluding carboxylic acids is 1. The summed E-state index contributed by atoms with van der Waals surface area (Å²) in [5.74, 6) is 0.906. The number of rotatable bonds is 4. The lowest BCUT2D eigenvalue weighted by Gasteiger charge is -2.16. The van der Waals surface area contributed by atoms with E-state index in [0.29, 0.717) is 27.9 Å². The van der Waals surface area contributed by atoms with Crippen molar-refractivity contribution in [2.24, 2.45) is 0 Å². The summed E-state index contributed by atoms with van der Waals surface area (Å²) in [6, 6.07) is 12.8. The minimum atomic E-state index is -0.824. The van der Waals surface area contributed by atoms with Crippen molar-refractivity contribution in [1.29, 1.82) is 0 Å². The fourth-order valence-corrected chi connectivity index (χ4v) is 3.16. The standard InChI is InChI=1S/C21H18ClN3O4/c1-12-3-5-15(22)10-17(12)23-21(27)13(2)25-20(26)8-6-16(24-25)14-4-7-18-19(9-14)29-11-28-18/h3-10,13H,11H2,1-2H3,(H,23,27). The predicted octanol–water partition coefficient (Wildman–Crippen LogP) is 3.80. The van der Waals surface area contributed by atoms with Gasteiger partial charge in [-0.3, -0.25) is 9.59 Å². The Morgan fingerprint density at radius 2 is 1.93 bits per heavy atom. The van der Waals surface area contributed by atoms with Crippen LogP contribution in [0.25, 0.3) is 11.3 Å². The molecule has 3 aromatic rings. The summed E-state index contributed by atoms with van der Waals surface area (Å²) < 4.78 is 11.9. The number of amides is 1. The van der Waals surface area contributed by atoms with Gasteiger partial charge in [0.2, 0.25) is 12.7 Å². The Morgan fingerprint density at radius 3 is 2.76 bits per heavy atom. The van der Waals surface area contributed by atoms with Crippen molar-refractivity contribution in [2.75, 3.05) is 12.1 Å². The molecule has 1 amide bonds. The quantitative estimate of drug-likeness (QED) is 0.706. The molecule has 0 bridgehead atoms. The van der Waals surface area contributed by atoms with Crippen LogP contribution in [0.1, 0.15) is 18.5 Å². The number of aromatic nitrogens is 2. The van der Waals surface area contributed by atoms with Crippen LogP contribution in [0.15, 0.2) is 53.3 Å². The third kappa shape index (κ3) is 3.82. The van der Waals surface area contributed by atoms with Gasteiger partial charge in [-0.15, -0.1) is 0 Å². The van der Waals surface area contributed by atoms with Crippen LogP contribution in [-0.4, -0.2) is 22.5 Å². The maximum Gasteiger partial charge on any atom is 0.267 e. The second-order valence-corrected chi connectivity index (χ2v) is 7.13. The molecule has 0 saturated carbocycles. The fourth-order valence-electron chi connectivity index (χ4n) is 2.99. The first kappa shape index (κ1) is 19.0. The maximum atomic E-state index is 12.7. The van der Waals surface area contributed by atoms with Crippen LogP contribution in [0.4, 0.5) is 5.69 Å². The van der Waals surface area contributed by atoms with Gasteiger partial charge in [-0.2, -0.15) is 5.10 Å². The smallest absolute Gasteiger partial charge is 0.267 e. The molecular formula is C21H18ClN3O4. The number of ether oxygens (including phenoxy) is 2. The van der Waals surface area contributed by atoms with Crippen molar-refractivity contribution in [3.8, 4) is 22.8 Å². The minimum Gasteiger partial charge on any atom is -0.454 e. The monoisotopic (exact) mass is 411 g/mol. The molecule has 1 atom stereocenters. The molecule has 148 valence electrons. The lowest BCUT2D eigenvalue weighted by atomic mass is 10.1. The summed E-state index contributed by atoms with van der Waals surface area (Å²) >= 11 is 6.01. The molecule has 1 aliphatic heterocycles. The highest BCUT2D eigenvalue weighted by Gasteiger charge is 2.20. The Labute approximate surface area is 171 Å². The van der Waals surface area contributed by atoms with Crippen molar-refractivity contribution in [2.45, 2.75) is 19.9 Å². The molecular weight excluding hydrogens is 394 g/mol. The number of hydrogen-bond acceptors (Lipinski definition) is 5. The van der Waals surface area contributed by atoms with E-state index in [2.05, 4.69) is 10.4 Å². The second-order valence-electron chi connectivity index (χ2n) is 6.69. The van der Waals surface area contributed by atoms with Gasteiger partial charge in [0.25, 0.3) is 5.56 Å². The molecule has 1 aromatic heterocycles. The van der Waals surface area contributed by atoms with Crippen molar-refractivity contribution in [1.82, 2.24) is 9.78 Å². The van der Waals surface area contributed by atoms with Crippen LogP contribution in [0.5, 0.6) is 11.5 Å². The summed E-state index contributed by atoms with van der Waals surface area (Å²) in [6.45, 7) is 3.65. The van der Waals surface area contributed by atoms with Gasteiger partial charge in [0.1, 0.15) is 6.04 Å². The van der Waals surface area contributed by atoms with Crippen molar-refractivity contribution in [3.63, 3.8) is 0 Å². The molecule has 1 N–H and O–H groups in total. The fraction of sp³-hybridized carbons (Fsp3) is 0.190. The molecule has 0 aliphatic carbocycles. The Bertz CT molecular complexity index is 1160. The van der Waals surface area contributed by atoms with E-state index < -0.39 is 6.04 Å². The summed E-state index contributed by atoms with van der Waals surface area (Å²) in [7, 11) is 0. The third-order valence-electron chi connectivity index (χ3n) is 4.70. The Hall–Kier alpha value is -3.32. The number of benzene rings is 2. The molecule has 2 heterocycles. The average molecular weight is 412 g/mol. The van der Waals surface area contributed by atoms with Gasteiger partial charge in [-0.05, 0) is 55.8 Å². The van der Waals surface area contributed by atoms with Crippen LogP contribution < -0.4 is 20.3 Å². The molecule has 8 heteroatoms. The first-order valence-electron chi connectivity index (χ1n) is 8.99. The van der Waals surface area contributed by atoms with Gasteiger partial charge in [0.15, 0.2) is 11.5 Å². The third-order valence-corrected chi connectivity index (χ3v) is 4.93. The second kappa shape index (κ2) is 7.60. The van der Waals surface area contributed by atoms with Crippen LogP contribution in [0.2, 0.25) is 5.02 Å². The van der Waals surface area contributed by atoms with E-state index in [0.717, 1.165) is 15.8 Å². The molecule has 0 spiro atoms. The Kier molecular flexibility index (Phi) is 4.98. The zero-order chi connectivity index (χ0) is 20.5. The van der Waals surface area contributed by atoms with Gasteiger partial charge in [0.05, 0.1) is 5.69 Å². The van der Waals surface area contributed by atoms with Crippen LogP contribution in [-0.2, 0) is 4.79 Å². The average Bonchev–Trinajstić information content (AvgIpc) is 3.18. The normalized spacial score (nSPS) is 13.2. The molecule has 29 heavy (non-hydrogen) atoms. The summed E-state index contributed by atoms with van der Waals surface area (Å²) in [5.41, 5.74) is 2.38. The van der Waals surface area contributed by atoms with E-state index in [1.807, 2.05) is 19.1 Å². The lowest BCUT2D eigenvalue weighted by Crippen LogP contribution is -2.33. The van der Waals surface area contributed by atoms with Gasteiger partial charge in [-0.1, -0.05) is 17.7 Å². The maximum absolute atomic E-state index is 12.7. The highest BCUT2D eigenvalue weighted by molar-refractivity contribution is 6.31. The topological polar surface area (TPSA) is 82.5 Å². The summed E-state index contributed by atoms with van der Waals surface area (Å²) in [5, 5.41) is 7.71. The van der Waals surface area contributed by atoms with Crippen LogP contribution in [0, 0.1) is 6.92 Å². The van der Waals surface area contributed by atoms with Gasteiger partial charge < -0.3 is 14.8 Å². The first-order valence-corrected chi connectivity index (χ1v) is 9.37. The molecule has 0 saturated heterocycles. The van der Waals surface area contributed by atoms with E-state index in [-0.39, 0.29) is 18.3 Å². The number of anilines is 1. The molecule has 4 rings (SSSR count). The largest absolute Gasteiger partial charge is 0.454 e. The molecule has 7 nitrogen and oxygen atoms in total. The van der Waals surface area contributed by atoms with E-state index in [1.165, 1.54) is 6.07 Å². The number of fused-ring (bicyclic) bond motifs is 1. The number of carbonyl (C=O) groups is 1. The van der Waals surface area contributed by atoms with Crippen molar-refractivity contribution < 1.29 is 14.3 Å². The number of nitrogens with one attached hydrogen (secondary N) is 1. The number of nitrogens with zero attached hydrogens (tertiary/aromatic N) is 2. The van der Waals surface area contributed by atoms with Crippen molar-refractivity contribution in [3.05, 3.63) is 69.5 Å². The van der Waals surface area contributed by atoms with E-state index in [9.17, 15) is 9.59 Å². The molecule has 2 aromatic carbocycles. The van der Waals surface area contributed by atoms with Crippen LogP contribution in [0.3, 0.4) is 0 Å². The van der Waals surface area contributed by atoms with Crippen LogP contribution >= 0.6 is 11.6 Å². The van der Waals surface area contributed by atoms with E-state index in [4.69, 9.17) is 21.1 Å². The van der Waals surface area contributed by atoms with Gasteiger partial charge >= 0.3 is 0 Å². The molecule has 0 radical (unpaired) electrons. The minimum absolute atomic E-state index is 0.172.